The van der Waals surface area contributed by atoms with Gasteiger partial charge in [0.25, 0.3) is 5.69 Å². The first-order chi connectivity index (χ1) is 12.0. The lowest BCUT2D eigenvalue weighted by Gasteiger charge is -2.11. The second-order valence-electron chi connectivity index (χ2n) is 6.13. The average molecular weight is 336 g/mol. The highest BCUT2D eigenvalue weighted by atomic mass is 16.6. The third kappa shape index (κ3) is 3.92. The van der Waals surface area contributed by atoms with E-state index >= 15 is 0 Å². The number of non-ortho nitro benzene ring substituents is 1. The van der Waals surface area contributed by atoms with Crippen molar-refractivity contribution in [2.24, 2.45) is 10.7 Å². The molecule has 0 radical (unpaired) electrons. The molecule has 0 bridgehead atoms. The number of nitro benzene ring substituents is 1. The normalized spacial score (nSPS) is 15.6. The summed E-state index contributed by atoms with van der Waals surface area (Å²) in [5, 5.41) is 10.9. The largest absolute Gasteiger partial charge is 0.401 e. The summed E-state index contributed by atoms with van der Waals surface area (Å²) in [6, 6.07) is 16.5. The zero-order valence-electron chi connectivity index (χ0n) is 14.1. The first-order valence-corrected chi connectivity index (χ1v) is 8.04. The van der Waals surface area contributed by atoms with Gasteiger partial charge >= 0.3 is 0 Å². The zero-order valence-corrected chi connectivity index (χ0v) is 14.1. The van der Waals surface area contributed by atoms with E-state index in [2.05, 4.69) is 4.90 Å². The van der Waals surface area contributed by atoms with Crippen molar-refractivity contribution in [2.45, 2.75) is 6.54 Å². The van der Waals surface area contributed by atoms with Crippen LogP contribution in [0.15, 0.2) is 70.9 Å². The first-order valence-electron chi connectivity index (χ1n) is 8.04. The maximum Gasteiger partial charge on any atom is 0.269 e. The van der Waals surface area contributed by atoms with Crippen LogP contribution in [-0.4, -0.2) is 35.7 Å². The predicted molar refractivity (Wildman–Crippen MR) is 98.5 cm³/mol. The molecule has 0 atom stereocenters. The topological polar surface area (TPSA) is 84.8 Å². The van der Waals surface area contributed by atoms with Gasteiger partial charge in [-0.05, 0) is 12.6 Å². The van der Waals surface area contributed by atoms with E-state index in [1.54, 1.807) is 12.1 Å². The van der Waals surface area contributed by atoms with Gasteiger partial charge in [-0.25, -0.2) is 0 Å². The third-order valence-electron chi connectivity index (χ3n) is 4.13. The molecule has 0 aliphatic carbocycles. The number of rotatable bonds is 5. The summed E-state index contributed by atoms with van der Waals surface area (Å²) in [5.41, 5.74) is 10.8. The molecule has 0 saturated heterocycles. The molecule has 0 amide bonds. The number of benzene rings is 2. The monoisotopic (exact) mass is 336 g/mol. The third-order valence-corrected chi connectivity index (χ3v) is 4.13. The molecule has 2 aromatic rings. The Morgan fingerprint density at radius 2 is 1.96 bits per heavy atom. The van der Waals surface area contributed by atoms with E-state index in [1.807, 2.05) is 43.4 Å². The second-order valence-corrected chi connectivity index (χ2v) is 6.13. The number of likely N-dealkylation sites (N-methyl/N-ethyl adjacent to an activating group) is 1. The average Bonchev–Trinajstić information content (AvgIpc) is 2.94. The molecule has 0 aromatic heterocycles. The van der Waals surface area contributed by atoms with Crippen molar-refractivity contribution in [1.82, 2.24) is 4.90 Å². The van der Waals surface area contributed by atoms with Gasteiger partial charge in [-0.15, -0.1) is 0 Å². The summed E-state index contributed by atoms with van der Waals surface area (Å²) < 4.78 is 0. The molecule has 6 nitrogen and oxygen atoms in total. The van der Waals surface area contributed by atoms with Gasteiger partial charge in [0.1, 0.15) is 0 Å². The molecule has 0 spiro atoms. The minimum absolute atomic E-state index is 0.0771. The lowest BCUT2D eigenvalue weighted by atomic mass is 10.0. The number of nitro groups is 1. The van der Waals surface area contributed by atoms with Crippen molar-refractivity contribution in [1.29, 1.82) is 0 Å². The van der Waals surface area contributed by atoms with Crippen molar-refractivity contribution >= 4 is 11.4 Å². The Morgan fingerprint density at radius 1 is 1.20 bits per heavy atom. The lowest BCUT2D eigenvalue weighted by molar-refractivity contribution is -0.384. The standard InChI is InChI=1S/C19H20N4O2/c1-22-12-17(18(20)13-22)19(15-7-3-2-4-8-15)21-11-14-6-5-9-16(10-14)23(24)25/h2-10H,11-13,20H2,1H3. The first kappa shape index (κ1) is 16.9. The fourth-order valence-electron chi connectivity index (χ4n) is 2.94. The number of aliphatic imine (C=N–C) groups is 1. The van der Waals surface area contributed by atoms with E-state index in [4.69, 9.17) is 10.7 Å². The fourth-order valence-corrected chi connectivity index (χ4v) is 2.94. The van der Waals surface area contributed by atoms with Crippen LogP contribution >= 0.6 is 0 Å². The number of hydrogen-bond acceptors (Lipinski definition) is 5. The fraction of sp³-hybridized carbons (Fsp3) is 0.211. The summed E-state index contributed by atoms with van der Waals surface area (Å²) in [6.07, 6.45) is 0. The maximum atomic E-state index is 10.9. The van der Waals surface area contributed by atoms with Gasteiger partial charge in [-0.2, -0.15) is 0 Å². The number of hydrogen-bond donors (Lipinski definition) is 1. The molecule has 1 heterocycles. The predicted octanol–water partition coefficient (Wildman–Crippen LogP) is 2.74. The summed E-state index contributed by atoms with van der Waals surface area (Å²) in [7, 11) is 2.02. The summed E-state index contributed by atoms with van der Waals surface area (Å²) in [4.78, 5) is 17.4. The van der Waals surface area contributed by atoms with Crippen LogP contribution < -0.4 is 5.73 Å². The van der Waals surface area contributed by atoms with E-state index in [1.165, 1.54) is 6.07 Å². The van der Waals surface area contributed by atoms with Crippen molar-refractivity contribution in [3.8, 4) is 0 Å². The van der Waals surface area contributed by atoms with E-state index in [9.17, 15) is 10.1 Å². The Kier molecular flexibility index (Phi) is 4.90. The SMILES string of the molecule is CN1CC(N)=C(C(=NCc2cccc([N+](=O)[O-])c2)c2ccccc2)C1. The Hall–Kier alpha value is -2.99. The molecule has 2 N–H and O–H groups in total. The van der Waals surface area contributed by atoms with Crippen LogP contribution in [0.1, 0.15) is 11.1 Å². The van der Waals surface area contributed by atoms with E-state index in [0.717, 1.165) is 41.2 Å². The van der Waals surface area contributed by atoms with Crippen molar-refractivity contribution in [3.63, 3.8) is 0 Å². The van der Waals surface area contributed by atoms with Crippen LogP contribution in [-0.2, 0) is 6.54 Å². The van der Waals surface area contributed by atoms with Crippen LogP contribution in [0.3, 0.4) is 0 Å². The molecule has 2 aromatic carbocycles. The molecule has 1 aliphatic heterocycles. The smallest absolute Gasteiger partial charge is 0.269 e. The maximum absolute atomic E-state index is 10.9. The van der Waals surface area contributed by atoms with Gasteiger partial charge < -0.3 is 5.73 Å². The Bertz CT molecular complexity index is 844. The van der Waals surface area contributed by atoms with Crippen molar-refractivity contribution < 1.29 is 4.92 Å². The molecule has 1 aliphatic rings. The van der Waals surface area contributed by atoms with Crippen LogP contribution in [0.5, 0.6) is 0 Å². The van der Waals surface area contributed by atoms with Gasteiger partial charge in [0, 0.05) is 42.1 Å². The van der Waals surface area contributed by atoms with Gasteiger partial charge in [0.15, 0.2) is 0 Å². The van der Waals surface area contributed by atoms with Gasteiger partial charge in [-0.3, -0.25) is 20.0 Å². The molecular formula is C19H20N4O2. The Labute approximate surface area is 146 Å². The molecule has 0 saturated carbocycles. The van der Waals surface area contributed by atoms with Crippen molar-refractivity contribution in [2.75, 3.05) is 20.1 Å². The summed E-state index contributed by atoms with van der Waals surface area (Å²) >= 11 is 0. The summed E-state index contributed by atoms with van der Waals surface area (Å²) in [5.74, 6) is 0. The minimum atomic E-state index is -0.391. The lowest BCUT2D eigenvalue weighted by Crippen LogP contribution is -2.17. The van der Waals surface area contributed by atoms with Gasteiger partial charge in [-0.1, -0.05) is 42.5 Å². The van der Waals surface area contributed by atoms with E-state index < -0.39 is 4.92 Å². The van der Waals surface area contributed by atoms with Crippen molar-refractivity contribution in [3.05, 3.63) is 87.1 Å². The number of nitrogens with zero attached hydrogens (tertiary/aromatic N) is 3. The quantitative estimate of drug-likeness (QED) is 0.517. The molecular weight excluding hydrogens is 316 g/mol. The van der Waals surface area contributed by atoms with Gasteiger partial charge in [0.2, 0.25) is 0 Å². The summed E-state index contributed by atoms with van der Waals surface area (Å²) in [6.45, 7) is 1.83. The Morgan fingerprint density at radius 3 is 2.60 bits per heavy atom. The highest BCUT2D eigenvalue weighted by molar-refractivity contribution is 6.13. The second kappa shape index (κ2) is 7.27. The van der Waals surface area contributed by atoms with E-state index in [-0.39, 0.29) is 5.69 Å². The van der Waals surface area contributed by atoms with Crippen LogP contribution in [0.25, 0.3) is 0 Å². The molecule has 0 unspecified atom stereocenters. The zero-order chi connectivity index (χ0) is 17.8. The molecule has 128 valence electrons. The number of nitrogens with two attached hydrogens (primary N) is 1. The molecule has 3 rings (SSSR count). The Balaban J connectivity index is 1.95. The molecule has 0 fully saturated rings. The van der Waals surface area contributed by atoms with E-state index in [0.29, 0.717) is 6.54 Å². The highest BCUT2D eigenvalue weighted by Gasteiger charge is 2.22. The molecule has 25 heavy (non-hydrogen) atoms. The van der Waals surface area contributed by atoms with Crippen LogP contribution in [0.2, 0.25) is 0 Å². The highest BCUT2D eigenvalue weighted by Crippen LogP contribution is 2.20. The van der Waals surface area contributed by atoms with Crippen LogP contribution in [0.4, 0.5) is 5.69 Å². The minimum Gasteiger partial charge on any atom is -0.401 e. The van der Waals surface area contributed by atoms with Crippen LogP contribution in [0, 0.1) is 10.1 Å². The molecule has 6 heteroatoms. The van der Waals surface area contributed by atoms with Gasteiger partial charge in [0.05, 0.1) is 17.2 Å².